The normalized spacial score (nSPS) is 10.6. The van der Waals surface area contributed by atoms with Gasteiger partial charge in [-0.25, -0.2) is 0 Å². The van der Waals surface area contributed by atoms with Gasteiger partial charge in [0.15, 0.2) is 11.6 Å². The number of hydrogen-bond donors (Lipinski definition) is 0. The number of aryl methyl sites for hydroxylation is 2. The number of rotatable bonds is 9. The summed E-state index contributed by atoms with van der Waals surface area (Å²) < 4.78 is 0. The smallest absolute Gasteiger partial charge is 0.164 e. The first kappa shape index (κ1) is 18.7. The molecular formula is C20H20Cl2O2. The van der Waals surface area contributed by atoms with Crippen molar-refractivity contribution in [2.45, 2.75) is 25.7 Å². The fraction of sp³-hybridized carbons (Fsp3) is 0.300. The molecule has 126 valence electrons. The minimum atomic E-state index is 0.0775. The second-order valence-electron chi connectivity index (χ2n) is 5.62. The van der Waals surface area contributed by atoms with Gasteiger partial charge in [0.2, 0.25) is 0 Å². The average molecular weight is 363 g/mol. The van der Waals surface area contributed by atoms with Gasteiger partial charge in [-0.15, -0.1) is 23.2 Å². The van der Waals surface area contributed by atoms with E-state index in [4.69, 9.17) is 23.2 Å². The number of halogens is 2. The van der Waals surface area contributed by atoms with Crippen LogP contribution in [0.25, 0.3) is 0 Å². The number of benzene rings is 2. The fourth-order valence-corrected chi connectivity index (χ4v) is 2.81. The molecule has 0 amide bonds. The van der Waals surface area contributed by atoms with Crippen LogP contribution in [0.4, 0.5) is 0 Å². The third-order valence-corrected chi connectivity index (χ3v) is 4.28. The van der Waals surface area contributed by atoms with E-state index in [1.54, 1.807) is 0 Å². The monoisotopic (exact) mass is 362 g/mol. The first-order chi connectivity index (χ1) is 11.6. The maximum absolute atomic E-state index is 11.7. The van der Waals surface area contributed by atoms with Crippen LogP contribution in [-0.4, -0.2) is 23.3 Å². The summed E-state index contributed by atoms with van der Waals surface area (Å²) in [4.78, 5) is 23.5. The van der Waals surface area contributed by atoms with Crippen molar-refractivity contribution in [3.8, 4) is 0 Å². The van der Waals surface area contributed by atoms with Gasteiger partial charge in [0.1, 0.15) is 0 Å². The van der Waals surface area contributed by atoms with E-state index in [-0.39, 0.29) is 11.6 Å². The summed E-state index contributed by atoms with van der Waals surface area (Å²) in [5.74, 6) is 0.857. The van der Waals surface area contributed by atoms with Gasteiger partial charge in [0.25, 0.3) is 0 Å². The predicted octanol–water partition coefficient (Wildman–Crippen LogP) is 5.10. The molecule has 0 spiro atoms. The molecule has 2 aromatic carbocycles. The second kappa shape index (κ2) is 9.61. The lowest BCUT2D eigenvalue weighted by Crippen LogP contribution is -2.01. The molecule has 2 aromatic rings. The van der Waals surface area contributed by atoms with Crippen LogP contribution in [0.5, 0.6) is 0 Å². The van der Waals surface area contributed by atoms with Crippen molar-refractivity contribution in [3.63, 3.8) is 0 Å². The Morgan fingerprint density at radius 3 is 1.25 bits per heavy atom. The van der Waals surface area contributed by atoms with E-state index in [9.17, 15) is 9.59 Å². The van der Waals surface area contributed by atoms with E-state index < -0.39 is 0 Å². The molecule has 0 heterocycles. The highest BCUT2D eigenvalue weighted by Gasteiger charge is 2.06. The molecule has 0 saturated carbocycles. The Morgan fingerprint density at radius 1 is 0.625 bits per heavy atom. The van der Waals surface area contributed by atoms with Crippen molar-refractivity contribution in [3.05, 3.63) is 70.8 Å². The summed E-state index contributed by atoms with van der Waals surface area (Å²) in [7, 11) is 0. The summed E-state index contributed by atoms with van der Waals surface area (Å²) in [6.45, 7) is 0. The van der Waals surface area contributed by atoms with E-state index in [0.717, 1.165) is 12.8 Å². The number of alkyl halides is 2. The van der Waals surface area contributed by atoms with Gasteiger partial charge in [0, 0.05) is 35.7 Å². The van der Waals surface area contributed by atoms with Crippen LogP contribution in [0, 0.1) is 0 Å². The molecule has 0 atom stereocenters. The molecule has 0 aromatic heterocycles. The molecule has 0 aliphatic heterocycles. The lowest BCUT2D eigenvalue weighted by atomic mass is 10.00. The van der Waals surface area contributed by atoms with Gasteiger partial charge in [-0.2, -0.15) is 0 Å². The van der Waals surface area contributed by atoms with Crippen molar-refractivity contribution in [2.75, 3.05) is 11.8 Å². The van der Waals surface area contributed by atoms with Gasteiger partial charge < -0.3 is 0 Å². The third kappa shape index (κ3) is 5.47. The highest BCUT2D eigenvalue weighted by molar-refractivity contribution is 6.20. The Hall–Kier alpha value is -1.64. The quantitative estimate of drug-likeness (QED) is 0.459. The fourth-order valence-electron chi connectivity index (χ4n) is 2.46. The predicted molar refractivity (Wildman–Crippen MR) is 99.6 cm³/mol. The Bertz CT molecular complexity index is 614. The highest BCUT2D eigenvalue weighted by atomic mass is 35.5. The molecule has 2 rings (SSSR count). The van der Waals surface area contributed by atoms with E-state index in [2.05, 4.69) is 0 Å². The molecule has 0 bridgehead atoms. The second-order valence-corrected chi connectivity index (χ2v) is 6.37. The van der Waals surface area contributed by atoms with Crippen molar-refractivity contribution < 1.29 is 9.59 Å². The van der Waals surface area contributed by atoms with Crippen molar-refractivity contribution >= 4 is 34.8 Å². The van der Waals surface area contributed by atoms with Crippen LogP contribution in [-0.2, 0) is 12.8 Å². The van der Waals surface area contributed by atoms with Gasteiger partial charge >= 0.3 is 0 Å². The van der Waals surface area contributed by atoms with E-state index >= 15 is 0 Å². The molecule has 0 saturated heterocycles. The van der Waals surface area contributed by atoms with Gasteiger partial charge in [-0.1, -0.05) is 48.5 Å². The minimum Gasteiger partial charge on any atom is -0.294 e. The summed E-state index contributed by atoms with van der Waals surface area (Å²) in [6.07, 6.45) is 2.52. The van der Waals surface area contributed by atoms with Gasteiger partial charge in [-0.3, -0.25) is 9.59 Å². The number of hydrogen-bond acceptors (Lipinski definition) is 2. The molecule has 0 unspecified atom stereocenters. The van der Waals surface area contributed by atoms with Crippen LogP contribution in [0.2, 0.25) is 0 Å². The number of Topliss-reactive ketones (excluding diaryl/α,β-unsaturated/α-hetero) is 2. The third-order valence-electron chi connectivity index (χ3n) is 3.90. The number of carbonyl (C=O) groups is 2. The first-order valence-electron chi connectivity index (χ1n) is 8.00. The maximum atomic E-state index is 11.7. The zero-order chi connectivity index (χ0) is 17.4. The molecule has 4 heteroatoms. The van der Waals surface area contributed by atoms with E-state index in [1.807, 2.05) is 48.5 Å². The minimum absolute atomic E-state index is 0.0775. The molecule has 0 radical (unpaired) electrons. The first-order valence-corrected chi connectivity index (χ1v) is 9.07. The Morgan fingerprint density at radius 2 is 0.958 bits per heavy atom. The van der Waals surface area contributed by atoms with Gasteiger partial charge in [-0.05, 0) is 24.0 Å². The highest BCUT2D eigenvalue weighted by Crippen LogP contribution is 2.13. The molecule has 0 aliphatic carbocycles. The molecule has 2 nitrogen and oxygen atoms in total. The lowest BCUT2D eigenvalue weighted by Gasteiger charge is -2.05. The molecule has 24 heavy (non-hydrogen) atoms. The summed E-state index contributed by atoms with van der Waals surface area (Å²) in [5, 5.41) is 0. The average Bonchev–Trinajstić information content (AvgIpc) is 2.61. The molecule has 0 aliphatic rings. The van der Waals surface area contributed by atoms with Crippen LogP contribution in [0.3, 0.4) is 0 Å². The SMILES string of the molecule is O=C(CCCl)c1ccc(CCc2ccc(C(=O)CCCl)cc2)cc1. The maximum Gasteiger partial charge on any atom is 0.164 e. The summed E-state index contributed by atoms with van der Waals surface area (Å²) >= 11 is 11.2. The Kier molecular flexibility index (Phi) is 7.48. The van der Waals surface area contributed by atoms with E-state index in [1.165, 1.54) is 11.1 Å². The van der Waals surface area contributed by atoms with Crippen molar-refractivity contribution in [1.82, 2.24) is 0 Å². The van der Waals surface area contributed by atoms with E-state index in [0.29, 0.717) is 35.7 Å². The van der Waals surface area contributed by atoms with Crippen molar-refractivity contribution in [2.24, 2.45) is 0 Å². The largest absolute Gasteiger partial charge is 0.294 e. The molecule has 0 N–H and O–H groups in total. The van der Waals surface area contributed by atoms with Crippen LogP contribution >= 0.6 is 23.2 Å². The van der Waals surface area contributed by atoms with Crippen molar-refractivity contribution in [1.29, 1.82) is 0 Å². The summed E-state index contributed by atoms with van der Waals surface area (Å²) in [6, 6.07) is 15.4. The molecule has 0 fully saturated rings. The van der Waals surface area contributed by atoms with Crippen LogP contribution in [0.1, 0.15) is 44.7 Å². The molecular weight excluding hydrogens is 343 g/mol. The Labute approximate surface area is 152 Å². The number of carbonyl (C=O) groups excluding carboxylic acids is 2. The van der Waals surface area contributed by atoms with Crippen LogP contribution < -0.4 is 0 Å². The lowest BCUT2D eigenvalue weighted by molar-refractivity contribution is 0.0981. The topological polar surface area (TPSA) is 34.1 Å². The van der Waals surface area contributed by atoms with Gasteiger partial charge in [0.05, 0.1) is 0 Å². The Balaban J connectivity index is 1.91. The zero-order valence-electron chi connectivity index (χ0n) is 13.4. The van der Waals surface area contributed by atoms with Crippen LogP contribution in [0.15, 0.2) is 48.5 Å². The number of ketones is 2. The standard InChI is InChI=1S/C20H20Cl2O2/c21-13-11-19(23)17-7-3-15(4-8-17)1-2-16-5-9-18(10-6-16)20(24)12-14-22/h3-10H,1-2,11-14H2. The zero-order valence-corrected chi connectivity index (χ0v) is 14.9. The summed E-state index contributed by atoms with van der Waals surface area (Å²) in [5.41, 5.74) is 3.78.